The van der Waals surface area contributed by atoms with Crippen molar-refractivity contribution in [3.05, 3.63) is 94.4 Å². The van der Waals surface area contributed by atoms with Gasteiger partial charge in [0, 0.05) is 6.54 Å². The fourth-order valence-electron chi connectivity index (χ4n) is 3.79. The van der Waals surface area contributed by atoms with E-state index >= 15 is 0 Å². The number of nitrogens with zero attached hydrogens (tertiary/aromatic N) is 1. The summed E-state index contributed by atoms with van der Waals surface area (Å²) in [7, 11) is 1.41. The molecule has 3 aromatic carbocycles. The molecular formula is C28H23F3N2O4S2. The van der Waals surface area contributed by atoms with E-state index in [4.69, 9.17) is 21.7 Å². The van der Waals surface area contributed by atoms with Crippen molar-refractivity contribution in [2.24, 2.45) is 0 Å². The molecular weight excluding hydrogens is 549 g/mol. The Kier molecular flexibility index (Phi) is 8.93. The van der Waals surface area contributed by atoms with Crippen LogP contribution in [0.3, 0.4) is 0 Å². The fourth-order valence-corrected chi connectivity index (χ4v) is 5.10. The first-order valence-electron chi connectivity index (χ1n) is 11.7. The first-order chi connectivity index (χ1) is 18.7. The number of carbonyl (C=O) groups is 2. The SMILES string of the molecule is COc1cc(/C=C2\SC(=S)N(CCc3ccccc3)C2=O)ccc1OCC(=O)Nc1ccccc1C(F)(F)F. The highest BCUT2D eigenvalue weighted by Gasteiger charge is 2.34. The molecule has 11 heteroatoms. The summed E-state index contributed by atoms with van der Waals surface area (Å²) in [5.74, 6) is -0.454. The topological polar surface area (TPSA) is 67.9 Å². The number of halogens is 3. The molecule has 0 bridgehead atoms. The molecule has 1 aliphatic rings. The minimum absolute atomic E-state index is 0.184. The van der Waals surface area contributed by atoms with E-state index < -0.39 is 24.3 Å². The second kappa shape index (κ2) is 12.4. The molecule has 3 aromatic rings. The third-order valence-corrected chi connectivity index (χ3v) is 7.07. The maximum Gasteiger partial charge on any atom is 0.418 e. The predicted octanol–water partition coefficient (Wildman–Crippen LogP) is 6.18. The second-order valence-electron chi connectivity index (χ2n) is 8.36. The third-order valence-electron chi connectivity index (χ3n) is 5.69. The van der Waals surface area contributed by atoms with Gasteiger partial charge in [0.1, 0.15) is 4.32 Å². The second-order valence-corrected chi connectivity index (χ2v) is 10.0. The van der Waals surface area contributed by atoms with Gasteiger partial charge < -0.3 is 14.8 Å². The molecule has 2 amide bonds. The molecule has 1 aliphatic heterocycles. The molecule has 0 aromatic heterocycles. The van der Waals surface area contributed by atoms with E-state index in [0.717, 1.165) is 11.6 Å². The summed E-state index contributed by atoms with van der Waals surface area (Å²) in [6, 6.07) is 19.3. The molecule has 1 N–H and O–H groups in total. The normalized spacial score (nSPS) is 14.6. The summed E-state index contributed by atoms with van der Waals surface area (Å²) < 4.78 is 50.9. The summed E-state index contributed by atoms with van der Waals surface area (Å²) in [4.78, 5) is 27.3. The van der Waals surface area contributed by atoms with Crippen LogP contribution in [0.5, 0.6) is 11.5 Å². The Morgan fingerprint density at radius 3 is 2.49 bits per heavy atom. The van der Waals surface area contributed by atoms with Gasteiger partial charge in [0.05, 0.1) is 23.3 Å². The van der Waals surface area contributed by atoms with Crippen LogP contribution >= 0.6 is 24.0 Å². The van der Waals surface area contributed by atoms with E-state index in [1.165, 1.54) is 37.1 Å². The molecule has 0 radical (unpaired) electrons. The van der Waals surface area contributed by atoms with Gasteiger partial charge in [0.25, 0.3) is 11.8 Å². The maximum absolute atomic E-state index is 13.2. The van der Waals surface area contributed by atoms with Crippen molar-refractivity contribution in [1.82, 2.24) is 4.90 Å². The highest BCUT2D eigenvalue weighted by atomic mass is 32.2. The van der Waals surface area contributed by atoms with Gasteiger partial charge in [0.2, 0.25) is 0 Å². The van der Waals surface area contributed by atoms with Crippen molar-refractivity contribution < 1.29 is 32.2 Å². The van der Waals surface area contributed by atoms with Crippen LogP contribution in [0.1, 0.15) is 16.7 Å². The highest BCUT2D eigenvalue weighted by Crippen LogP contribution is 2.36. The third kappa shape index (κ3) is 7.18. The van der Waals surface area contributed by atoms with Gasteiger partial charge in [-0.05, 0) is 47.9 Å². The lowest BCUT2D eigenvalue weighted by Crippen LogP contribution is -2.30. The van der Waals surface area contributed by atoms with Crippen molar-refractivity contribution in [3.8, 4) is 11.5 Å². The van der Waals surface area contributed by atoms with E-state index in [2.05, 4.69) is 5.32 Å². The number of nitrogens with one attached hydrogen (secondary N) is 1. The van der Waals surface area contributed by atoms with Gasteiger partial charge in [-0.3, -0.25) is 14.5 Å². The Balaban J connectivity index is 1.39. The summed E-state index contributed by atoms with van der Waals surface area (Å²) in [5.41, 5.74) is 0.438. The van der Waals surface area contributed by atoms with Crippen molar-refractivity contribution in [3.63, 3.8) is 0 Å². The van der Waals surface area contributed by atoms with Gasteiger partial charge >= 0.3 is 6.18 Å². The van der Waals surface area contributed by atoms with Gasteiger partial charge in [-0.25, -0.2) is 0 Å². The minimum Gasteiger partial charge on any atom is -0.493 e. The van der Waals surface area contributed by atoms with Gasteiger partial charge in [-0.1, -0.05) is 72.5 Å². The van der Waals surface area contributed by atoms with Crippen molar-refractivity contribution in [2.45, 2.75) is 12.6 Å². The quantitative estimate of drug-likeness (QED) is 0.244. The van der Waals surface area contributed by atoms with E-state index in [1.54, 1.807) is 29.2 Å². The van der Waals surface area contributed by atoms with E-state index in [0.29, 0.717) is 27.8 Å². The first kappa shape index (κ1) is 28.2. The Morgan fingerprint density at radius 1 is 1.05 bits per heavy atom. The average molecular weight is 573 g/mol. The summed E-state index contributed by atoms with van der Waals surface area (Å²) in [6.07, 6.45) is -2.25. The van der Waals surface area contributed by atoms with Gasteiger partial charge in [-0.15, -0.1) is 0 Å². The number of ether oxygens (including phenoxy) is 2. The van der Waals surface area contributed by atoms with Gasteiger partial charge in [0.15, 0.2) is 18.1 Å². The Bertz CT molecular complexity index is 1410. The van der Waals surface area contributed by atoms with Crippen LogP contribution in [0, 0.1) is 0 Å². The Labute approximate surface area is 232 Å². The van der Waals surface area contributed by atoms with Crippen LogP contribution in [0.2, 0.25) is 0 Å². The smallest absolute Gasteiger partial charge is 0.418 e. The number of methoxy groups -OCH3 is 1. The van der Waals surface area contributed by atoms with Crippen LogP contribution in [0.25, 0.3) is 6.08 Å². The van der Waals surface area contributed by atoms with Crippen molar-refractivity contribution >= 4 is 51.9 Å². The number of amides is 2. The number of carbonyl (C=O) groups excluding carboxylic acids is 2. The van der Waals surface area contributed by atoms with E-state index in [-0.39, 0.29) is 23.1 Å². The number of thioether (sulfide) groups is 1. The zero-order chi connectivity index (χ0) is 28.0. The van der Waals surface area contributed by atoms with Crippen molar-refractivity contribution in [2.75, 3.05) is 25.6 Å². The minimum atomic E-state index is -4.61. The van der Waals surface area contributed by atoms with Crippen LogP contribution in [-0.2, 0) is 22.2 Å². The van der Waals surface area contributed by atoms with E-state index in [1.807, 2.05) is 30.3 Å². The molecule has 6 nitrogen and oxygen atoms in total. The number of alkyl halides is 3. The van der Waals surface area contributed by atoms with Gasteiger partial charge in [-0.2, -0.15) is 13.2 Å². The summed E-state index contributed by atoms with van der Waals surface area (Å²) in [5, 5.41) is 2.23. The zero-order valence-corrected chi connectivity index (χ0v) is 22.3. The Morgan fingerprint density at radius 2 is 1.77 bits per heavy atom. The number of thiocarbonyl (C=S) groups is 1. The monoisotopic (exact) mass is 572 g/mol. The molecule has 0 atom stereocenters. The van der Waals surface area contributed by atoms with Crippen LogP contribution < -0.4 is 14.8 Å². The number of anilines is 1. The predicted molar refractivity (Wildman–Crippen MR) is 149 cm³/mol. The van der Waals surface area contributed by atoms with Crippen LogP contribution in [-0.4, -0.2) is 41.3 Å². The van der Waals surface area contributed by atoms with E-state index in [9.17, 15) is 22.8 Å². The number of hydrogen-bond acceptors (Lipinski definition) is 6. The molecule has 4 rings (SSSR count). The molecule has 0 unspecified atom stereocenters. The molecule has 0 aliphatic carbocycles. The van der Waals surface area contributed by atoms with Crippen LogP contribution in [0.15, 0.2) is 77.7 Å². The zero-order valence-electron chi connectivity index (χ0n) is 20.7. The maximum atomic E-state index is 13.2. The molecule has 1 heterocycles. The molecule has 0 saturated carbocycles. The molecule has 202 valence electrons. The highest BCUT2D eigenvalue weighted by molar-refractivity contribution is 8.26. The number of para-hydroxylation sites is 1. The molecule has 39 heavy (non-hydrogen) atoms. The number of hydrogen-bond donors (Lipinski definition) is 1. The fraction of sp³-hybridized carbons (Fsp3) is 0.179. The lowest BCUT2D eigenvalue weighted by Gasteiger charge is -2.15. The molecule has 1 fully saturated rings. The summed E-state index contributed by atoms with van der Waals surface area (Å²) >= 11 is 6.62. The Hall–Kier alpha value is -3.83. The van der Waals surface area contributed by atoms with Crippen molar-refractivity contribution in [1.29, 1.82) is 0 Å². The lowest BCUT2D eigenvalue weighted by molar-refractivity contribution is -0.137. The van der Waals surface area contributed by atoms with Crippen LogP contribution in [0.4, 0.5) is 18.9 Å². The average Bonchev–Trinajstić information content (AvgIpc) is 3.18. The first-order valence-corrected chi connectivity index (χ1v) is 12.9. The largest absolute Gasteiger partial charge is 0.493 e. The lowest BCUT2D eigenvalue weighted by atomic mass is 10.1. The molecule has 1 saturated heterocycles. The standard InChI is InChI=1S/C28H23F3N2O4S2/c1-36-23-15-19(16-24-26(35)33(27(38)39-24)14-13-18-7-3-2-4-8-18)11-12-22(23)37-17-25(34)32-21-10-6-5-9-20(21)28(29,30)31/h2-12,15-16H,13-14,17H2,1H3,(H,32,34)/b24-16-. The molecule has 0 spiro atoms. The number of benzene rings is 3. The number of rotatable bonds is 9. The summed E-state index contributed by atoms with van der Waals surface area (Å²) in [6.45, 7) is -0.0698.